The Labute approximate surface area is 152 Å². The van der Waals surface area contributed by atoms with Crippen LogP contribution in [-0.4, -0.2) is 28.9 Å². The molecule has 4 rings (SSSR count). The summed E-state index contributed by atoms with van der Waals surface area (Å²) in [5, 5.41) is 1.98. The molecule has 0 bridgehead atoms. The van der Waals surface area contributed by atoms with Crippen molar-refractivity contribution in [1.82, 2.24) is 9.88 Å². The number of likely N-dealkylation sites (tertiary alicyclic amines) is 1. The van der Waals surface area contributed by atoms with Gasteiger partial charge in [0.25, 0.3) is 0 Å². The molecular weight excluding hydrogens is 332 g/mol. The van der Waals surface area contributed by atoms with Crippen LogP contribution in [0.15, 0.2) is 54.7 Å². The van der Waals surface area contributed by atoms with Gasteiger partial charge in [0.2, 0.25) is 5.91 Å². The zero-order valence-corrected chi connectivity index (χ0v) is 14.8. The van der Waals surface area contributed by atoms with E-state index in [1.54, 1.807) is 0 Å². The fourth-order valence-electron chi connectivity index (χ4n) is 3.79. The number of nitrogens with one attached hydrogen (secondary N) is 1. The number of benzene rings is 2. The first-order valence-corrected chi connectivity index (χ1v) is 9.17. The molecule has 3 aromatic rings. The van der Waals surface area contributed by atoms with Gasteiger partial charge in [0.15, 0.2) is 0 Å². The van der Waals surface area contributed by atoms with Crippen LogP contribution in [0.2, 0.25) is 5.02 Å². The van der Waals surface area contributed by atoms with Crippen molar-refractivity contribution in [3.05, 3.63) is 70.9 Å². The van der Waals surface area contributed by atoms with Crippen molar-refractivity contribution < 1.29 is 4.79 Å². The molecule has 0 spiro atoms. The Hall–Kier alpha value is -2.26. The zero-order chi connectivity index (χ0) is 17.2. The van der Waals surface area contributed by atoms with Crippen LogP contribution in [0.4, 0.5) is 0 Å². The molecule has 1 aliphatic rings. The van der Waals surface area contributed by atoms with Gasteiger partial charge < -0.3 is 9.88 Å². The number of aromatic nitrogens is 1. The lowest BCUT2D eigenvalue weighted by atomic mass is 9.89. The summed E-state index contributed by atoms with van der Waals surface area (Å²) >= 11 is 6.18. The number of carbonyl (C=O) groups is 1. The Balaban J connectivity index is 1.41. The summed E-state index contributed by atoms with van der Waals surface area (Å²) in [6.07, 6.45) is 4.54. The fourth-order valence-corrected chi connectivity index (χ4v) is 3.99. The Kier molecular flexibility index (Phi) is 4.50. The molecule has 1 aliphatic heterocycles. The number of nitrogens with zero attached hydrogens (tertiary/aromatic N) is 1. The standard InChI is InChI=1S/C21H21ClN2O/c22-19-7-3-1-5-16(19)13-21(25)24-11-9-15(10-12-24)18-14-23-20-8-4-2-6-17(18)20/h1-8,14-15,23H,9-13H2. The molecule has 128 valence electrons. The molecule has 3 nitrogen and oxygen atoms in total. The van der Waals surface area contributed by atoms with Gasteiger partial charge in [-0.25, -0.2) is 0 Å². The van der Waals surface area contributed by atoms with Crippen LogP contribution in [0.3, 0.4) is 0 Å². The average molecular weight is 353 g/mol. The lowest BCUT2D eigenvalue weighted by Crippen LogP contribution is -2.38. The summed E-state index contributed by atoms with van der Waals surface area (Å²) in [6, 6.07) is 16.0. The van der Waals surface area contributed by atoms with Crippen molar-refractivity contribution in [2.75, 3.05) is 13.1 Å². The van der Waals surface area contributed by atoms with E-state index in [4.69, 9.17) is 11.6 Å². The van der Waals surface area contributed by atoms with Gasteiger partial charge in [-0.1, -0.05) is 48.0 Å². The molecule has 0 saturated carbocycles. The Bertz CT molecular complexity index is 894. The third-order valence-electron chi connectivity index (χ3n) is 5.21. The van der Waals surface area contributed by atoms with Crippen LogP contribution >= 0.6 is 11.6 Å². The molecule has 1 aromatic heterocycles. The maximum absolute atomic E-state index is 12.6. The van der Waals surface area contributed by atoms with Gasteiger partial charge in [-0.15, -0.1) is 0 Å². The lowest BCUT2D eigenvalue weighted by Gasteiger charge is -2.32. The second kappa shape index (κ2) is 6.93. The highest BCUT2D eigenvalue weighted by atomic mass is 35.5. The fraction of sp³-hybridized carbons (Fsp3) is 0.286. The van der Waals surface area contributed by atoms with Crippen LogP contribution in [0.5, 0.6) is 0 Å². The maximum atomic E-state index is 12.6. The van der Waals surface area contributed by atoms with E-state index >= 15 is 0 Å². The number of piperidine rings is 1. The molecule has 1 amide bonds. The highest BCUT2D eigenvalue weighted by Gasteiger charge is 2.25. The van der Waals surface area contributed by atoms with E-state index in [1.165, 1.54) is 16.5 Å². The number of amides is 1. The zero-order valence-electron chi connectivity index (χ0n) is 14.0. The number of carbonyl (C=O) groups excluding carboxylic acids is 1. The highest BCUT2D eigenvalue weighted by Crippen LogP contribution is 2.33. The van der Waals surface area contributed by atoms with Crippen LogP contribution in [0.25, 0.3) is 10.9 Å². The predicted molar refractivity (Wildman–Crippen MR) is 102 cm³/mol. The SMILES string of the molecule is O=C(Cc1ccccc1Cl)N1CCC(c2c[nH]c3ccccc23)CC1. The number of hydrogen-bond acceptors (Lipinski definition) is 1. The van der Waals surface area contributed by atoms with Crippen LogP contribution in [-0.2, 0) is 11.2 Å². The van der Waals surface area contributed by atoms with Gasteiger partial charge >= 0.3 is 0 Å². The van der Waals surface area contributed by atoms with Gasteiger partial charge in [-0.2, -0.15) is 0 Å². The van der Waals surface area contributed by atoms with Gasteiger partial charge in [0.05, 0.1) is 6.42 Å². The number of H-pyrrole nitrogens is 1. The number of para-hydroxylation sites is 1. The molecule has 0 radical (unpaired) electrons. The summed E-state index contributed by atoms with van der Waals surface area (Å²) in [5.74, 6) is 0.686. The molecule has 0 atom stereocenters. The molecule has 1 N–H and O–H groups in total. The van der Waals surface area contributed by atoms with E-state index in [-0.39, 0.29) is 5.91 Å². The average Bonchev–Trinajstić information content (AvgIpc) is 3.08. The number of hydrogen-bond donors (Lipinski definition) is 1. The molecule has 0 unspecified atom stereocenters. The number of aromatic amines is 1. The molecule has 25 heavy (non-hydrogen) atoms. The van der Waals surface area contributed by atoms with Gasteiger partial charge in [0, 0.05) is 35.2 Å². The second-order valence-corrected chi connectivity index (χ2v) is 7.12. The van der Waals surface area contributed by atoms with E-state index in [9.17, 15) is 4.79 Å². The largest absolute Gasteiger partial charge is 0.361 e. The minimum atomic E-state index is 0.172. The van der Waals surface area contributed by atoms with E-state index in [1.807, 2.05) is 29.2 Å². The van der Waals surface area contributed by atoms with Crippen molar-refractivity contribution in [2.24, 2.45) is 0 Å². The molecule has 1 saturated heterocycles. The second-order valence-electron chi connectivity index (χ2n) is 6.71. The molecule has 1 fully saturated rings. The minimum Gasteiger partial charge on any atom is -0.361 e. The summed E-state index contributed by atoms with van der Waals surface area (Å²) in [7, 11) is 0. The van der Waals surface area contributed by atoms with Gasteiger partial charge in [-0.05, 0) is 42.0 Å². The maximum Gasteiger partial charge on any atom is 0.227 e. The number of rotatable bonds is 3. The lowest BCUT2D eigenvalue weighted by molar-refractivity contribution is -0.131. The first-order chi connectivity index (χ1) is 12.2. The molecular formula is C21H21ClN2O. The summed E-state index contributed by atoms with van der Waals surface area (Å²) in [5.41, 5.74) is 3.48. The van der Waals surface area contributed by atoms with Crippen molar-refractivity contribution >= 4 is 28.4 Å². The molecule has 0 aliphatic carbocycles. The number of halogens is 1. The third-order valence-corrected chi connectivity index (χ3v) is 5.58. The van der Waals surface area contributed by atoms with Crippen molar-refractivity contribution in [2.45, 2.75) is 25.2 Å². The topological polar surface area (TPSA) is 36.1 Å². The number of fused-ring (bicyclic) bond motifs is 1. The van der Waals surface area contributed by atoms with E-state index in [0.717, 1.165) is 31.5 Å². The summed E-state index contributed by atoms with van der Waals surface area (Å²) in [4.78, 5) is 17.9. The Morgan fingerprint density at radius 1 is 1.08 bits per heavy atom. The third kappa shape index (κ3) is 3.29. The highest BCUT2D eigenvalue weighted by molar-refractivity contribution is 6.31. The monoisotopic (exact) mass is 352 g/mol. The van der Waals surface area contributed by atoms with E-state index in [0.29, 0.717) is 17.4 Å². The first-order valence-electron chi connectivity index (χ1n) is 8.79. The normalized spacial score (nSPS) is 15.6. The van der Waals surface area contributed by atoms with Crippen molar-refractivity contribution in [3.8, 4) is 0 Å². The Morgan fingerprint density at radius 2 is 1.80 bits per heavy atom. The van der Waals surface area contributed by atoms with Crippen LogP contribution < -0.4 is 0 Å². The molecule has 2 heterocycles. The van der Waals surface area contributed by atoms with Crippen molar-refractivity contribution in [3.63, 3.8) is 0 Å². The predicted octanol–water partition coefficient (Wildman–Crippen LogP) is 4.77. The molecule has 2 aromatic carbocycles. The van der Waals surface area contributed by atoms with E-state index in [2.05, 4.69) is 35.4 Å². The van der Waals surface area contributed by atoms with Gasteiger partial charge in [-0.3, -0.25) is 4.79 Å². The Morgan fingerprint density at radius 3 is 2.60 bits per heavy atom. The van der Waals surface area contributed by atoms with Crippen LogP contribution in [0.1, 0.15) is 29.9 Å². The minimum absolute atomic E-state index is 0.172. The van der Waals surface area contributed by atoms with Crippen LogP contribution in [0, 0.1) is 0 Å². The van der Waals surface area contributed by atoms with Gasteiger partial charge in [0.1, 0.15) is 0 Å². The van der Waals surface area contributed by atoms with Crippen molar-refractivity contribution in [1.29, 1.82) is 0 Å². The molecule has 4 heteroatoms. The smallest absolute Gasteiger partial charge is 0.227 e. The summed E-state index contributed by atoms with van der Waals surface area (Å²) < 4.78 is 0. The quantitative estimate of drug-likeness (QED) is 0.724. The van der Waals surface area contributed by atoms with E-state index < -0.39 is 0 Å². The first kappa shape index (κ1) is 16.2. The summed E-state index contributed by atoms with van der Waals surface area (Å²) in [6.45, 7) is 1.63.